The van der Waals surface area contributed by atoms with E-state index in [1.807, 2.05) is 0 Å². The maximum absolute atomic E-state index is 2.44. The van der Waals surface area contributed by atoms with Gasteiger partial charge >= 0.3 is 0 Å². The molecule has 0 radical (unpaired) electrons. The van der Waals surface area contributed by atoms with E-state index in [9.17, 15) is 0 Å². The van der Waals surface area contributed by atoms with Gasteiger partial charge in [0.1, 0.15) is 0 Å². The van der Waals surface area contributed by atoms with Crippen molar-refractivity contribution in [3.8, 4) is 0 Å². The van der Waals surface area contributed by atoms with E-state index >= 15 is 0 Å². The zero-order valence-electron chi connectivity index (χ0n) is 31.9. The van der Waals surface area contributed by atoms with Gasteiger partial charge in [-0.05, 0) is 91.9 Å². The number of hydrogen-bond donors (Lipinski definition) is 0. The third kappa shape index (κ3) is 8.27. The molecule has 278 valence electrons. The first-order valence-corrected chi connectivity index (χ1v) is 25.6. The minimum Gasteiger partial charge on any atom is -0.0622 e. The van der Waals surface area contributed by atoms with Crippen LogP contribution in [-0.2, 0) is 0 Å². The summed E-state index contributed by atoms with van der Waals surface area (Å²) < 4.78 is 0. The molecule has 4 heteroatoms. The summed E-state index contributed by atoms with van der Waals surface area (Å²) >= 11 is 0. The molecule has 0 saturated heterocycles. The molecule has 1 fully saturated rings. The molecule has 0 amide bonds. The maximum Gasteiger partial charge on any atom is 0.00251 e. The first kappa shape index (κ1) is 38.0. The van der Waals surface area contributed by atoms with Crippen molar-refractivity contribution in [1.82, 2.24) is 0 Å². The lowest BCUT2D eigenvalue weighted by Gasteiger charge is -2.42. The summed E-state index contributed by atoms with van der Waals surface area (Å²) in [6.07, 6.45) is 1.16. The molecule has 4 atom stereocenters. The Labute approximate surface area is 344 Å². The highest BCUT2D eigenvalue weighted by Gasteiger charge is 2.56. The van der Waals surface area contributed by atoms with Gasteiger partial charge in [-0.3, -0.25) is 0 Å². The van der Waals surface area contributed by atoms with Crippen molar-refractivity contribution >= 4 is 74.1 Å². The van der Waals surface area contributed by atoms with Gasteiger partial charge in [0.05, 0.1) is 0 Å². The summed E-state index contributed by atoms with van der Waals surface area (Å²) in [4.78, 5) is 0. The summed E-state index contributed by atoms with van der Waals surface area (Å²) in [6.45, 7) is 0. The molecular formula is C53H46P4. The minimum absolute atomic E-state index is 0.394. The quantitative estimate of drug-likeness (QED) is 0.108. The van der Waals surface area contributed by atoms with Gasteiger partial charge in [0.25, 0.3) is 0 Å². The molecule has 9 rings (SSSR count). The molecule has 1 aliphatic rings. The van der Waals surface area contributed by atoms with Crippen LogP contribution < -0.4 is 42.4 Å². The lowest BCUT2D eigenvalue weighted by molar-refractivity contribution is 0.907. The highest BCUT2D eigenvalue weighted by Crippen LogP contribution is 2.69. The predicted octanol–water partition coefficient (Wildman–Crippen LogP) is 10.4. The Hall–Kier alpha value is -4.52. The molecule has 0 bridgehead atoms. The zero-order chi connectivity index (χ0) is 38.2. The molecule has 0 N–H and O–H groups in total. The zero-order valence-corrected chi connectivity index (χ0v) is 35.5. The third-order valence-corrected chi connectivity index (χ3v) is 23.6. The summed E-state index contributed by atoms with van der Waals surface area (Å²) in [5.74, 6) is 0. The van der Waals surface area contributed by atoms with Crippen molar-refractivity contribution in [2.45, 2.75) is 29.1 Å². The largest absolute Gasteiger partial charge is 0.0622 e. The Kier molecular flexibility index (Phi) is 12.3. The molecule has 8 aromatic carbocycles. The van der Waals surface area contributed by atoms with Gasteiger partial charge in [-0.1, -0.05) is 243 Å². The third-order valence-electron chi connectivity index (χ3n) is 11.2. The normalized spacial score (nSPS) is 18.0. The topological polar surface area (TPSA) is 0 Å². The van der Waals surface area contributed by atoms with E-state index in [0.717, 1.165) is 6.42 Å². The monoisotopic (exact) mass is 806 g/mol. The Morgan fingerprint density at radius 3 is 0.544 bits per heavy atom. The van der Waals surface area contributed by atoms with Crippen LogP contribution in [-0.4, -0.2) is 22.6 Å². The average Bonchev–Trinajstić information content (AvgIpc) is 3.64. The van der Waals surface area contributed by atoms with Gasteiger partial charge in [0.15, 0.2) is 0 Å². The molecule has 1 aliphatic carbocycles. The molecular weight excluding hydrogens is 760 g/mol. The summed E-state index contributed by atoms with van der Waals surface area (Å²) in [7, 11) is -3.10. The second-order valence-electron chi connectivity index (χ2n) is 14.5. The SMILES string of the molecule is c1ccc(P(c2ccccc2)[C@@H]2[C@H](P(c3ccccc3)c3ccccc3)[C@H](P(c3ccccc3)c3ccccc3)C[C@@H]2P(c2ccccc2)c2ccccc2)cc1. The van der Waals surface area contributed by atoms with Gasteiger partial charge in [-0.15, -0.1) is 0 Å². The van der Waals surface area contributed by atoms with Gasteiger partial charge in [-0.25, -0.2) is 0 Å². The first-order chi connectivity index (χ1) is 28.3. The second-order valence-corrected chi connectivity index (χ2v) is 24.1. The second kappa shape index (κ2) is 18.4. The standard InChI is InChI=1S/C53H46P4/c1-9-25-42(26-10-1)54(43-27-11-2-12-28-43)50-41-51(55(44-29-13-3-14-30-44)45-31-15-4-16-32-45)53(57(48-37-21-7-22-38-48)49-39-23-8-24-40-49)52(50)56(46-33-17-5-18-34-46)47-35-19-6-20-36-47/h1-40,50-53H,41H2/t50-,51+,52-,53+. The highest BCUT2D eigenvalue weighted by atomic mass is 31.1. The predicted molar refractivity (Wildman–Crippen MR) is 256 cm³/mol. The smallest absolute Gasteiger partial charge is 0.00251 e. The lowest BCUT2D eigenvalue weighted by atomic mass is 10.3. The fourth-order valence-electron chi connectivity index (χ4n) is 8.91. The van der Waals surface area contributed by atoms with Gasteiger partial charge in [0, 0.05) is 11.3 Å². The van der Waals surface area contributed by atoms with E-state index in [1.165, 1.54) is 42.4 Å². The first-order valence-electron chi connectivity index (χ1n) is 19.9. The van der Waals surface area contributed by atoms with Crippen molar-refractivity contribution < 1.29 is 0 Å². The molecule has 0 nitrogen and oxygen atoms in total. The number of rotatable bonds is 12. The van der Waals surface area contributed by atoms with Crippen molar-refractivity contribution in [3.63, 3.8) is 0 Å². The average molecular weight is 807 g/mol. The number of benzene rings is 8. The van der Waals surface area contributed by atoms with Crippen LogP contribution in [0.5, 0.6) is 0 Å². The van der Waals surface area contributed by atoms with Crippen LogP contribution in [0, 0.1) is 0 Å². The molecule has 0 heterocycles. The van der Waals surface area contributed by atoms with E-state index in [4.69, 9.17) is 0 Å². The molecule has 1 saturated carbocycles. The van der Waals surface area contributed by atoms with Crippen molar-refractivity contribution in [1.29, 1.82) is 0 Å². The van der Waals surface area contributed by atoms with E-state index in [1.54, 1.807) is 0 Å². The van der Waals surface area contributed by atoms with E-state index in [2.05, 4.69) is 243 Å². The molecule has 0 spiro atoms. The Bertz CT molecular complexity index is 2070. The molecule has 57 heavy (non-hydrogen) atoms. The van der Waals surface area contributed by atoms with Gasteiger partial charge in [-0.2, -0.15) is 0 Å². The summed E-state index contributed by atoms with van der Waals surface area (Å²) in [6, 6.07) is 92.9. The van der Waals surface area contributed by atoms with E-state index in [0.29, 0.717) is 22.6 Å². The van der Waals surface area contributed by atoms with Crippen LogP contribution >= 0.6 is 31.7 Å². The van der Waals surface area contributed by atoms with Crippen LogP contribution in [0.1, 0.15) is 6.42 Å². The van der Waals surface area contributed by atoms with Gasteiger partial charge < -0.3 is 0 Å². The molecule has 0 aliphatic heterocycles. The van der Waals surface area contributed by atoms with E-state index < -0.39 is 31.7 Å². The minimum atomic E-state index is -0.803. The van der Waals surface area contributed by atoms with Gasteiger partial charge in [0.2, 0.25) is 0 Å². The lowest BCUT2D eigenvalue weighted by Crippen LogP contribution is -2.41. The molecule has 8 aromatic rings. The van der Waals surface area contributed by atoms with Crippen LogP contribution in [0.4, 0.5) is 0 Å². The van der Waals surface area contributed by atoms with Crippen LogP contribution in [0.2, 0.25) is 0 Å². The fraction of sp³-hybridized carbons (Fsp3) is 0.0943. The fourth-order valence-corrected chi connectivity index (χ4v) is 23.6. The maximum atomic E-state index is 2.44. The van der Waals surface area contributed by atoms with Crippen LogP contribution in [0.25, 0.3) is 0 Å². The van der Waals surface area contributed by atoms with Crippen LogP contribution in [0.15, 0.2) is 243 Å². The molecule has 0 unspecified atom stereocenters. The Morgan fingerprint density at radius 2 is 0.368 bits per heavy atom. The highest BCUT2D eigenvalue weighted by molar-refractivity contribution is 7.81. The summed E-state index contributed by atoms with van der Waals surface area (Å²) in [5, 5.41) is 11.9. The summed E-state index contributed by atoms with van der Waals surface area (Å²) in [5.41, 5.74) is 1.65. The van der Waals surface area contributed by atoms with E-state index in [-0.39, 0.29) is 0 Å². The number of hydrogen-bond acceptors (Lipinski definition) is 0. The van der Waals surface area contributed by atoms with Crippen molar-refractivity contribution in [3.05, 3.63) is 243 Å². The Morgan fingerprint density at radius 1 is 0.211 bits per heavy atom. The van der Waals surface area contributed by atoms with Crippen LogP contribution in [0.3, 0.4) is 0 Å². The Balaban J connectivity index is 1.39. The molecule has 0 aromatic heterocycles. The van der Waals surface area contributed by atoms with Crippen molar-refractivity contribution in [2.24, 2.45) is 0 Å². The van der Waals surface area contributed by atoms with Crippen molar-refractivity contribution in [2.75, 3.05) is 0 Å².